The maximum atomic E-state index is 13.4. The normalized spacial score (nSPS) is 14.9. The number of hydrogen-bond donors (Lipinski definition) is 0. The van der Waals surface area contributed by atoms with Crippen molar-refractivity contribution in [3.8, 4) is 11.6 Å². The molecule has 1 aromatic carbocycles. The second kappa shape index (κ2) is 6.56. The van der Waals surface area contributed by atoms with E-state index in [-0.39, 0.29) is 11.4 Å². The molecule has 0 saturated carbocycles. The maximum absolute atomic E-state index is 13.4. The van der Waals surface area contributed by atoms with Crippen molar-refractivity contribution in [3.05, 3.63) is 97.0 Å². The van der Waals surface area contributed by atoms with Crippen LogP contribution >= 0.6 is 11.3 Å². The number of hydrogen-bond acceptors (Lipinski definition) is 6. The molecule has 29 heavy (non-hydrogen) atoms. The van der Waals surface area contributed by atoms with Gasteiger partial charge < -0.3 is 9.15 Å². The number of aromatic nitrogens is 2. The van der Waals surface area contributed by atoms with Crippen LogP contribution in [0.1, 0.15) is 27.7 Å². The van der Waals surface area contributed by atoms with E-state index in [0.29, 0.717) is 40.2 Å². The summed E-state index contributed by atoms with van der Waals surface area (Å²) in [6.45, 7) is 5.79. The van der Waals surface area contributed by atoms with Crippen LogP contribution in [0.5, 0.6) is 11.6 Å². The van der Waals surface area contributed by atoms with Gasteiger partial charge >= 0.3 is 5.63 Å². The highest BCUT2D eigenvalue weighted by molar-refractivity contribution is 7.10. The number of ether oxygens (including phenoxy) is 1. The molecule has 0 spiro atoms. The van der Waals surface area contributed by atoms with E-state index < -0.39 is 11.5 Å². The predicted molar refractivity (Wildman–Crippen MR) is 111 cm³/mol. The second-order valence-corrected chi connectivity index (χ2v) is 7.74. The number of nitrogens with zero attached hydrogens (tertiary/aromatic N) is 2. The Kier molecular flexibility index (Phi) is 3.99. The van der Waals surface area contributed by atoms with Gasteiger partial charge in [0.2, 0.25) is 5.88 Å². The van der Waals surface area contributed by atoms with Gasteiger partial charge in [-0.2, -0.15) is 4.98 Å². The first-order valence-corrected chi connectivity index (χ1v) is 9.97. The van der Waals surface area contributed by atoms with Gasteiger partial charge in [0.15, 0.2) is 5.75 Å². The first-order valence-electron chi connectivity index (χ1n) is 9.09. The van der Waals surface area contributed by atoms with Crippen LogP contribution in [0.3, 0.4) is 0 Å². The third kappa shape index (κ3) is 2.58. The molecule has 5 rings (SSSR count). The van der Waals surface area contributed by atoms with Crippen molar-refractivity contribution in [1.82, 2.24) is 9.55 Å². The van der Waals surface area contributed by atoms with Gasteiger partial charge in [-0.1, -0.05) is 24.3 Å². The van der Waals surface area contributed by atoms with Crippen molar-refractivity contribution >= 4 is 22.3 Å². The Bertz CT molecular complexity index is 1380. The molecule has 6 nitrogen and oxygen atoms in total. The molecule has 0 saturated heterocycles. The fourth-order valence-corrected chi connectivity index (χ4v) is 4.64. The molecule has 0 amide bonds. The summed E-state index contributed by atoms with van der Waals surface area (Å²) in [7, 11) is 0. The SMILES string of the molecule is C=CCn1c(C)nc2c(c1=O)C(c1cccs1)c1c(c3ccccc3oc1=O)O2. The van der Waals surface area contributed by atoms with Crippen LogP contribution in [0.15, 0.2) is 68.4 Å². The highest BCUT2D eigenvalue weighted by Crippen LogP contribution is 2.47. The summed E-state index contributed by atoms with van der Waals surface area (Å²) < 4.78 is 13.2. The van der Waals surface area contributed by atoms with Gasteiger partial charge in [-0.15, -0.1) is 17.9 Å². The van der Waals surface area contributed by atoms with Crippen LogP contribution in [0, 0.1) is 6.92 Å². The molecule has 1 atom stereocenters. The Hall–Kier alpha value is -3.45. The van der Waals surface area contributed by atoms with E-state index in [1.807, 2.05) is 29.6 Å². The standard InChI is InChI=1S/C22H16N2O4S/c1-3-10-24-12(2)23-20-18(21(24)25)16(15-9-6-11-29-15)17-19(28-20)13-7-4-5-8-14(13)27-22(17)26/h3-9,11,16H,1,10H2,2H3. The zero-order valence-corrected chi connectivity index (χ0v) is 16.4. The van der Waals surface area contributed by atoms with E-state index in [2.05, 4.69) is 11.6 Å². The molecule has 0 bridgehead atoms. The lowest BCUT2D eigenvalue weighted by atomic mass is 9.88. The molecule has 3 aromatic heterocycles. The monoisotopic (exact) mass is 404 g/mol. The number of thiophene rings is 1. The first kappa shape index (κ1) is 17.6. The van der Waals surface area contributed by atoms with Crippen LogP contribution < -0.4 is 15.9 Å². The lowest BCUT2D eigenvalue weighted by Gasteiger charge is -2.27. The van der Waals surface area contributed by atoms with Crippen LogP contribution in [0.25, 0.3) is 11.0 Å². The smallest absolute Gasteiger partial charge is 0.344 e. The van der Waals surface area contributed by atoms with Gasteiger partial charge in [-0.05, 0) is 30.5 Å². The Labute approximate surface area is 169 Å². The Morgan fingerprint density at radius 1 is 1.21 bits per heavy atom. The molecule has 1 aliphatic heterocycles. The molecule has 4 heterocycles. The van der Waals surface area contributed by atoms with Gasteiger partial charge in [-0.25, -0.2) is 4.79 Å². The van der Waals surface area contributed by atoms with Crippen molar-refractivity contribution < 1.29 is 9.15 Å². The molecule has 0 radical (unpaired) electrons. The summed E-state index contributed by atoms with van der Waals surface area (Å²) in [5.41, 5.74) is 0.338. The molecule has 4 aromatic rings. The number of para-hydroxylation sites is 1. The van der Waals surface area contributed by atoms with Crippen molar-refractivity contribution in [2.75, 3.05) is 0 Å². The minimum absolute atomic E-state index is 0.231. The number of rotatable bonds is 3. The van der Waals surface area contributed by atoms with Gasteiger partial charge in [0, 0.05) is 11.4 Å². The summed E-state index contributed by atoms with van der Waals surface area (Å²) in [6.07, 6.45) is 1.64. The molecule has 1 aliphatic rings. The second-order valence-electron chi connectivity index (χ2n) is 6.76. The van der Waals surface area contributed by atoms with E-state index in [1.165, 1.54) is 15.9 Å². The largest absolute Gasteiger partial charge is 0.437 e. The lowest BCUT2D eigenvalue weighted by molar-refractivity contribution is 0.414. The van der Waals surface area contributed by atoms with E-state index in [9.17, 15) is 9.59 Å². The van der Waals surface area contributed by atoms with Gasteiger partial charge in [0.05, 0.1) is 22.4 Å². The topological polar surface area (TPSA) is 74.3 Å². The number of benzene rings is 1. The minimum Gasteiger partial charge on any atom is -0.437 e. The summed E-state index contributed by atoms with van der Waals surface area (Å²) >= 11 is 1.47. The van der Waals surface area contributed by atoms with Gasteiger partial charge in [0.25, 0.3) is 5.56 Å². The van der Waals surface area contributed by atoms with Crippen molar-refractivity contribution in [1.29, 1.82) is 0 Å². The number of fused-ring (bicyclic) bond motifs is 4. The Balaban J connectivity index is 1.91. The molecular weight excluding hydrogens is 388 g/mol. The summed E-state index contributed by atoms with van der Waals surface area (Å²) in [5.74, 6) is 0.547. The Morgan fingerprint density at radius 3 is 2.79 bits per heavy atom. The lowest BCUT2D eigenvalue weighted by Crippen LogP contribution is -2.33. The first-order chi connectivity index (χ1) is 14.1. The molecule has 0 N–H and O–H groups in total. The maximum Gasteiger partial charge on any atom is 0.344 e. The molecule has 0 fully saturated rings. The van der Waals surface area contributed by atoms with E-state index in [4.69, 9.17) is 9.15 Å². The molecule has 144 valence electrons. The van der Waals surface area contributed by atoms with Crippen LogP contribution in [0.4, 0.5) is 0 Å². The minimum atomic E-state index is -0.605. The van der Waals surface area contributed by atoms with Crippen LogP contribution in [-0.2, 0) is 6.54 Å². The van der Waals surface area contributed by atoms with Crippen LogP contribution in [-0.4, -0.2) is 9.55 Å². The highest BCUT2D eigenvalue weighted by atomic mass is 32.1. The molecular formula is C22H16N2O4S. The van der Waals surface area contributed by atoms with Gasteiger partial charge in [-0.3, -0.25) is 9.36 Å². The van der Waals surface area contributed by atoms with E-state index in [1.54, 1.807) is 25.1 Å². The third-order valence-electron chi connectivity index (χ3n) is 5.07. The summed E-state index contributed by atoms with van der Waals surface area (Å²) in [5, 5.41) is 2.58. The average molecular weight is 404 g/mol. The fraction of sp³-hybridized carbons (Fsp3) is 0.136. The zero-order valence-electron chi connectivity index (χ0n) is 15.5. The summed E-state index contributed by atoms with van der Waals surface area (Å²) in [4.78, 5) is 31.8. The van der Waals surface area contributed by atoms with Gasteiger partial charge in [0.1, 0.15) is 11.4 Å². The van der Waals surface area contributed by atoms with Crippen molar-refractivity contribution in [2.24, 2.45) is 0 Å². The highest BCUT2D eigenvalue weighted by Gasteiger charge is 2.38. The van der Waals surface area contributed by atoms with E-state index >= 15 is 0 Å². The average Bonchev–Trinajstić information content (AvgIpc) is 3.24. The molecule has 1 unspecified atom stereocenters. The third-order valence-corrected chi connectivity index (χ3v) is 6.01. The summed E-state index contributed by atoms with van der Waals surface area (Å²) in [6, 6.07) is 11.0. The van der Waals surface area contributed by atoms with Crippen molar-refractivity contribution in [2.45, 2.75) is 19.4 Å². The quantitative estimate of drug-likeness (QED) is 0.333. The predicted octanol–water partition coefficient (Wildman–Crippen LogP) is 4.19. The number of aryl methyl sites for hydroxylation is 1. The number of allylic oxidation sites excluding steroid dienone is 1. The molecule has 7 heteroatoms. The van der Waals surface area contributed by atoms with Crippen LogP contribution in [0.2, 0.25) is 0 Å². The Morgan fingerprint density at radius 2 is 2.03 bits per heavy atom. The fourth-order valence-electron chi connectivity index (χ4n) is 3.80. The zero-order chi connectivity index (χ0) is 20.1. The molecule has 0 aliphatic carbocycles. The van der Waals surface area contributed by atoms with E-state index in [0.717, 1.165) is 4.88 Å². The van der Waals surface area contributed by atoms with Crippen molar-refractivity contribution in [3.63, 3.8) is 0 Å².